The molecule has 0 bridgehead atoms. The molecular formula is C23H20F4. The fraction of sp³-hybridized carbons (Fsp3) is 0.217. The van der Waals surface area contributed by atoms with Gasteiger partial charge in [0.1, 0.15) is 5.82 Å². The Morgan fingerprint density at radius 3 is 1.81 bits per heavy atom. The highest BCUT2D eigenvalue weighted by Gasteiger charge is 2.14. The molecule has 0 spiro atoms. The maximum absolute atomic E-state index is 14.5. The minimum atomic E-state index is -1.56. The van der Waals surface area contributed by atoms with Crippen LogP contribution >= 0.6 is 0 Å². The van der Waals surface area contributed by atoms with Crippen LogP contribution in [0, 0.1) is 23.3 Å². The Kier molecular flexibility index (Phi) is 5.94. The number of unbranched alkanes of at least 4 members (excludes halogenated alkanes) is 2. The fourth-order valence-electron chi connectivity index (χ4n) is 3.08. The van der Waals surface area contributed by atoms with Gasteiger partial charge in [0.05, 0.1) is 0 Å². The van der Waals surface area contributed by atoms with Crippen molar-refractivity contribution in [3.05, 3.63) is 83.4 Å². The molecule has 0 aliphatic carbocycles. The average Bonchev–Trinajstić information content (AvgIpc) is 2.66. The van der Waals surface area contributed by atoms with E-state index in [1.165, 1.54) is 30.5 Å². The van der Waals surface area contributed by atoms with Gasteiger partial charge in [-0.25, -0.2) is 17.6 Å². The zero-order chi connectivity index (χ0) is 19.4. The van der Waals surface area contributed by atoms with Gasteiger partial charge in [-0.1, -0.05) is 56.2 Å². The van der Waals surface area contributed by atoms with Crippen LogP contribution < -0.4 is 0 Å². The second-order valence-corrected chi connectivity index (χ2v) is 6.60. The molecule has 0 saturated carbocycles. The van der Waals surface area contributed by atoms with Crippen molar-refractivity contribution in [3.8, 4) is 22.3 Å². The normalized spacial score (nSPS) is 11.0. The van der Waals surface area contributed by atoms with Crippen molar-refractivity contribution in [2.45, 2.75) is 32.6 Å². The Morgan fingerprint density at radius 2 is 1.22 bits per heavy atom. The molecule has 0 heterocycles. The SMILES string of the molecule is CCCCCc1ccc(-c2ccc(-c3cc(F)c(F)c(F)c3)c(F)c2)cc1. The number of hydrogen-bond donors (Lipinski definition) is 0. The first kappa shape index (κ1) is 19.2. The molecule has 0 unspecified atom stereocenters. The van der Waals surface area contributed by atoms with Gasteiger partial charge in [-0.15, -0.1) is 0 Å². The summed E-state index contributed by atoms with van der Waals surface area (Å²) in [5, 5.41) is 0. The molecule has 0 aliphatic heterocycles. The summed E-state index contributed by atoms with van der Waals surface area (Å²) in [5.41, 5.74) is 2.74. The van der Waals surface area contributed by atoms with E-state index in [0.29, 0.717) is 5.56 Å². The first-order chi connectivity index (χ1) is 13.0. The fourth-order valence-corrected chi connectivity index (χ4v) is 3.08. The number of benzene rings is 3. The minimum Gasteiger partial charge on any atom is -0.206 e. The van der Waals surface area contributed by atoms with E-state index >= 15 is 0 Å². The van der Waals surface area contributed by atoms with Crippen molar-refractivity contribution in [3.63, 3.8) is 0 Å². The Balaban J connectivity index is 1.84. The predicted octanol–water partition coefficient (Wildman–Crippen LogP) is 7.31. The quantitative estimate of drug-likeness (QED) is 0.242. The summed E-state index contributed by atoms with van der Waals surface area (Å²) >= 11 is 0. The van der Waals surface area contributed by atoms with E-state index < -0.39 is 23.3 Å². The summed E-state index contributed by atoms with van der Waals surface area (Å²) in [4.78, 5) is 0. The van der Waals surface area contributed by atoms with Crippen molar-refractivity contribution in [1.29, 1.82) is 0 Å². The molecular weight excluding hydrogens is 352 g/mol. The first-order valence-corrected chi connectivity index (χ1v) is 9.03. The third kappa shape index (κ3) is 4.38. The van der Waals surface area contributed by atoms with Crippen LogP contribution in [0.2, 0.25) is 0 Å². The van der Waals surface area contributed by atoms with E-state index in [-0.39, 0.29) is 11.1 Å². The van der Waals surface area contributed by atoms with Crippen molar-refractivity contribution < 1.29 is 17.6 Å². The number of hydrogen-bond acceptors (Lipinski definition) is 0. The highest BCUT2D eigenvalue weighted by molar-refractivity contribution is 5.71. The number of aryl methyl sites for hydroxylation is 1. The lowest BCUT2D eigenvalue weighted by Gasteiger charge is -2.09. The lowest BCUT2D eigenvalue weighted by Crippen LogP contribution is -1.94. The van der Waals surface area contributed by atoms with Crippen molar-refractivity contribution in [2.24, 2.45) is 0 Å². The van der Waals surface area contributed by atoms with E-state index in [1.54, 1.807) is 6.07 Å². The lowest BCUT2D eigenvalue weighted by molar-refractivity contribution is 0.447. The Labute approximate surface area is 156 Å². The first-order valence-electron chi connectivity index (χ1n) is 9.03. The average molecular weight is 372 g/mol. The van der Waals surface area contributed by atoms with Gasteiger partial charge >= 0.3 is 0 Å². The Bertz CT molecular complexity index is 907. The molecule has 0 amide bonds. The van der Waals surface area contributed by atoms with Crippen LogP contribution in [-0.4, -0.2) is 0 Å². The van der Waals surface area contributed by atoms with Gasteiger partial charge in [0.25, 0.3) is 0 Å². The summed E-state index contributed by atoms with van der Waals surface area (Å²) in [6, 6.07) is 14.0. The molecule has 0 aromatic heterocycles. The lowest BCUT2D eigenvalue weighted by atomic mass is 9.98. The van der Waals surface area contributed by atoms with E-state index in [2.05, 4.69) is 6.92 Å². The van der Waals surface area contributed by atoms with E-state index in [9.17, 15) is 17.6 Å². The maximum Gasteiger partial charge on any atom is 0.194 e. The smallest absolute Gasteiger partial charge is 0.194 e. The Hall–Kier alpha value is -2.62. The highest BCUT2D eigenvalue weighted by Crippen LogP contribution is 2.30. The van der Waals surface area contributed by atoms with Gasteiger partial charge in [0.15, 0.2) is 17.5 Å². The van der Waals surface area contributed by atoms with Gasteiger partial charge in [-0.05, 0) is 53.3 Å². The molecule has 3 aromatic rings. The van der Waals surface area contributed by atoms with E-state index in [0.717, 1.165) is 30.5 Å². The van der Waals surface area contributed by atoms with Crippen LogP contribution in [0.1, 0.15) is 31.7 Å². The molecule has 27 heavy (non-hydrogen) atoms. The second-order valence-electron chi connectivity index (χ2n) is 6.60. The second kappa shape index (κ2) is 8.38. The van der Waals surface area contributed by atoms with Crippen LogP contribution in [0.25, 0.3) is 22.3 Å². The summed E-state index contributed by atoms with van der Waals surface area (Å²) in [6.45, 7) is 2.16. The van der Waals surface area contributed by atoms with Crippen molar-refractivity contribution in [1.82, 2.24) is 0 Å². The van der Waals surface area contributed by atoms with Gasteiger partial charge in [0.2, 0.25) is 0 Å². The van der Waals surface area contributed by atoms with Crippen LogP contribution in [0.5, 0.6) is 0 Å². The van der Waals surface area contributed by atoms with Crippen LogP contribution in [0.3, 0.4) is 0 Å². The van der Waals surface area contributed by atoms with Gasteiger partial charge in [-0.2, -0.15) is 0 Å². The Morgan fingerprint density at radius 1 is 0.630 bits per heavy atom. The third-order valence-electron chi connectivity index (χ3n) is 4.62. The van der Waals surface area contributed by atoms with Crippen LogP contribution in [0.4, 0.5) is 17.6 Å². The van der Waals surface area contributed by atoms with E-state index in [4.69, 9.17) is 0 Å². The largest absolute Gasteiger partial charge is 0.206 e. The number of rotatable bonds is 6. The molecule has 140 valence electrons. The monoisotopic (exact) mass is 372 g/mol. The molecule has 0 aliphatic rings. The van der Waals surface area contributed by atoms with Crippen LogP contribution in [0.15, 0.2) is 54.6 Å². The topological polar surface area (TPSA) is 0 Å². The molecule has 0 saturated heterocycles. The summed E-state index contributed by atoms with van der Waals surface area (Å²) < 4.78 is 54.5. The van der Waals surface area contributed by atoms with Crippen molar-refractivity contribution >= 4 is 0 Å². The van der Waals surface area contributed by atoms with Crippen molar-refractivity contribution in [2.75, 3.05) is 0 Å². The minimum absolute atomic E-state index is 0.0211. The third-order valence-corrected chi connectivity index (χ3v) is 4.62. The summed E-state index contributed by atoms with van der Waals surface area (Å²) in [6.07, 6.45) is 4.53. The molecule has 0 fully saturated rings. The zero-order valence-electron chi connectivity index (χ0n) is 15.0. The molecule has 3 aromatic carbocycles. The molecule has 4 heteroatoms. The van der Waals surface area contributed by atoms with Crippen LogP contribution in [-0.2, 0) is 6.42 Å². The number of halogens is 4. The molecule has 0 nitrogen and oxygen atoms in total. The van der Waals surface area contributed by atoms with E-state index in [1.807, 2.05) is 24.3 Å². The predicted molar refractivity (Wildman–Crippen MR) is 100 cm³/mol. The zero-order valence-corrected chi connectivity index (χ0v) is 15.0. The standard InChI is InChI=1S/C23H20F4/c1-2-3-4-5-15-6-8-16(9-7-15)17-10-11-19(20(24)12-17)18-13-21(25)23(27)22(26)14-18/h6-14H,2-5H2,1H3. The molecule has 3 rings (SSSR count). The van der Waals surface area contributed by atoms with Gasteiger partial charge in [-0.3, -0.25) is 0 Å². The molecule has 0 atom stereocenters. The van der Waals surface area contributed by atoms with Gasteiger partial charge in [0, 0.05) is 5.56 Å². The van der Waals surface area contributed by atoms with Gasteiger partial charge < -0.3 is 0 Å². The maximum atomic E-state index is 14.5. The molecule has 0 radical (unpaired) electrons. The summed E-state index contributed by atoms with van der Waals surface area (Å²) in [5.74, 6) is -4.86. The molecule has 0 N–H and O–H groups in total. The summed E-state index contributed by atoms with van der Waals surface area (Å²) in [7, 11) is 0. The highest BCUT2D eigenvalue weighted by atomic mass is 19.2.